The summed E-state index contributed by atoms with van der Waals surface area (Å²) in [6.07, 6.45) is 5.12. The Morgan fingerprint density at radius 1 is 1.56 bits per heavy atom. The summed E-state index contributed by atoms with van der Waals surface area (Å²) in [4.78, 5) is 22.2. The number of nitrogens with zero attached hydrogens (tertiary/aromatic N) is 2. The van der Waals surface area contributed by atoms with Crippen molar-refractivity contribution in [3.8, 4) is 0 Å². The number of carboxylic acids is 1. The van der Waals surface area contributed by atoms with Crippen LogP contribution in [0.4, 0.5) is 0 Å². The molecule has 1 fully saturated rings. The van der Waals surface area contributed by atoms with Crippen LogP contribution >= 0.6 is 0 Å². The lowest BCUT2D eigenvalue weighted by Gasteiger charge is -2.10. The average Bonchev–Trinajstić information content (AvgIpc) is 3.04. The van der Waals surface area contributed by atoms with Gasteiger partial charge in [0.2, 0.25) is 0 Å². The van der Waals surface area contributed by atoms with Gasteiger partial charge in [0.05, 0.1) is 5.56 Å². The Hall–Kier alpha value is -1.98. The van der Waals surface area contributed by atoms with Gasteiger partial charge in [-0.1, -0.05) is 4.68 Å². The minimum Gasteiger partial charge on any atom is -0.481 e. The molecule has 1 heterocycles. The van der Waals surface area contributed by atoms with Gasteiger partial charge in [-0.25, -0.2) is 0 Å². The fraction of sp³-hybridized carbons (Fsp3) is 0.500. The van der Waals surface area contributed by atoms with E-state index in [-0.39, 0.29) is 17.9 Å². The third-order valence-electron chi connectivity index (χ3n) is 3.00. The quantitative estimate of drug-likeness (QED) is 0.727. The van der Waals surface area contributed by atoms with Gasteiger partial charge in [-0.2, -0.15) is 0 Å². The number of hydrogen-bond acceptors (Lipinski definition) is 3. The van der Waals surface area contributed by atoms with Crippen molar-refractivity contribution >= 4 is 11.9 Å². The summed E-state index contributed by atoms with van der Waals surface area (Å²) in [6.45, 7) is 2.31. The molecule has 0 spiro atoms. The molecule has 0 saturated heterocycles. The van der Waals surface area contributed by atoms with E-state index in [4.69, 9.17) is 5.11 Å². The summed E-state index contributed by atoms with van der Waals surface area (Å²) in [6, 6.07) is 1.65. The lowest BCUT2D eigenvalue weighted by atomic mass is 10.2. The number of aromatic nitrogens is 2. The van der Waals surface area contributed by atoms with Gasteiger partial charge in [0.25, 0.3) is 5.91 Å². The van der Waals surface area contributed by atoms with E-state index < -0.39 is 5.97 Å². The summed E-state index contributed by atoms with van der Waals surface area (Å²) in [7, 11) is 0. The Kier molecular flexibility index (Phi) is 3.27. The first kappa shape index (κ1) is 12.5. The highest BCUT2D eigenvalue weighted by Gasteiger charge is 2.38. The predicted molar refractivity (Wildman–Crippen MR) is 61.8 cm³/mol. The first-order valence-corrected chi connectivity index (χ1v) is 5.89. The number of carboxylic acid groups (broad SMARTS) is 1. The van der Waals surface area contributed by atoms with Crippen molar-refractivity contribution in [1.82, 2.24) is 10.4 Å². The Morgan fingerprint density at radius 2 is 2.28 bits per heavy atom. The van der Waals surface area contributed by atoms with Gasteiger partial charge in [-0.15, -0.1) is 0 Å². The lowest BCUT2D eigenvalue weighted by Crippen LogP contribution is -2.40. The topological polar surface area (TPSA) is 83.2 Å². The molecule has 0 radical (unpaired) electrons. The molecule has 2 rings (SSSR count). The smallest absolute Gasteiger partial charge is 0.309 e. The van der Waals surface area contributed by atoms with Crippen LogP contribution in [0.1, 0.15) is 36.5 Å². The standard InChI is InChI=1S/C12H15N3O3/c1-12(4-5-12)14-11(18)9-2-6-15(13-8-9)7-3-10(16)17/h2,6,8H,3-5,7H2,1H3,(H-,14,16,17,18)/p+1. The zero-order chi connectivity index (χ0) is 13.2. The summed E-state index contributed by atoms with van der Waals surface area (Å²) < 4.78 is 1.50. The van der Waals surface area contributed by atoms with Crippen LogP contribution in [-0.4, -0.2) is 27.6 Å². The minimum atomic E-state index is -0.868. The van der Waals surface area contributed by atoms with Gasteiger partial charge >= 0.3 is 5.97 Å². The van der Waals surface area contributed by atoms with E-state index in [1.807, 2.05) is 6.92 Å². The summed E-state index contributed by atoms with van der Waals surface area (Å²) in [5, 5.41) is 15.5. The predicted octanol–water partition coefficient (Wildman–Crippen LogP) is 0.126. The second-order valence-corrected chi connectivity index (χ2v) is 4.84. The van der Waals surface area contributed by atoms with Crippen molar-refractivity contribution in [3.05, 3.63) is 24.0 Å². The normalized spacial score (nSPS) is 16.1. The van der Waals surface area contributed by atoms with E-state index in [9.17, 15) is 9.59 Å². The third kappa shape index (κ3) is 3.26. The largest absolute Gasteiger partial charge is 0.481 e. The molecule has 1 aliphatic rings. The second-order valence-electron chi connectivity index (χ2n) is 4.84. The summed E-state index contributed by atoms with van der Waals surface area (Å²) >= 11 is 0. The van der Waals surface area contributed by atoms with E-state index in [1.165, 1.54) is 10.9 Å². The number of rotatable bonds is 5. The molecule has 0 bridgehead atoms. The SMILES string of the molecule is CC1(NC(=O)c2cc[n+](CCC(=O)O)nc2)CC1. The number of hydrogen-bond donors (Lipinski definition) is 2. The number of carbonyl (C=O) groups excluding carboxylic acids is 1. The average molecular weight is 250 g/mol. The van der Waals surface area contributed by atoms with Gasteiger partial charge in [0.15, 0.2) is 12.7 Å². The maximum Gasteiger partial charge on any atom is 0.309 e. The fourth-order valence-electron chi connectivity index (χ4n) is 1.52. The van der Waals surface area contributed by atoms with Crippen LogP contribution in [0.25, 0.3) is 0 Å². The maximum absolute atomic E-state index is 11.8. The van der Waals surface area contributed by atoms with Crippen LogP contribution in [0.15, 0.2) is 18.5 Å². The van der Waals surface area contributed by atoms with E-state index in [0.717, 1.165) is 12.8 Å². The Balaban J connectivity index is 1.94. The summed E-state index contributed by atoms with van der Waals surface area (Å²) in [5.74, 6) is -0.999. The maximum atomic E-state index is 11.8. The number of aryl methyl sites for hydroxylation is 1. The van der Waals surface area contributed by atoms with Crippen LogP contribution in [0.5, 0.6) is 0 Å². The Labute approximate surface area is 105 Å². The van der Waals surface area contributed by atoms with Crippen LogP contribution in [0.2, 0.25) is 0 Å². The van der Waals surface area contributed by atoms with Crippen molar-refractivity contribution in [2.45, 2.75) is 38.3 Å². The molecule has 1 aromatic rings. The highest BCUT2D eigenvalue weighted by Crippen LogP contribution is 2.34. The highest BCUT2D eigenvalue weighted by atomic mass is 16.4. The van der Waals surface area contributed by atoms with Crippen molar-refractivity contribution < 1.29 is 19.4 Å². The van der Waals surface area contributed by atoms with E-state index in [1.54, 1.807) is 12.3 Å². The van der Waals surface area contributed by atoms with Gasteiger partial charge in [0, 0.05) is 11.6 Å². The van der Waals surface area contributed by atoms with Crippen molar-refractivity contribution in [2.75, 3.05) is 0 Å². The van der Waals surface area contributed by atoms with E-state index in [2.05, 4.69) is 10.4 Å². The van der Waals surface area contributed by atoms with Crippen LogP contribution < -0.4 is 10.00 Å². The molecular formula is C12H16N3O3+. The number of aliphatic carboxylic acids is 1. The molecule has 0 aliphatic heterocycles. The van der Waals surface area contributed by atoms with Gasteiger partial charge in [0.1, 0.15) is 12.6 Å². The molecule has 18 heavy (non-hydrogen) atoms. The summed E-state index contributed by atoms with van der Waals surface area (Å²) in [5.41, 5.74) is 0.446. The molecule has 1 amide bonds. The number of carbonyl (C=O) groups is 2. The number of amides is 1. The monoisotopic (exact) mass is 250 g/mol. The third-order valence-corrected chi connectivity index (χ3v) is 3.00. The molecule has 96 valence electrons. The molecule has 0 aromatic carbocycles. The second kappa shape index (κ2) is 4.72. The minimum absolute atomic E-state index is 0.0152. The molecule has 1 aliphatic carbocycles. The molecule has 0 atom stereocenters. The Bertz CT molecular complexity index is 466. The Morgan fingerprint density at radius 3 is 2.78 bits per heavy atom. The molecule has 6 heteroatoms. The fourth-order valence-corrected chi connectivity index (χ4v) is 1.52. The van der Waals surface area contributed by atoms with Crippen LogP contribution in [-0.2, 0) is 11.3 Å². The van der Waals surface area contributed by atoms with Gasteiger partial charge < -0.3 is 10.4 Å². The zero-order valence-corrected chi connectivity index (χ0v) is 10.2. The lowest BCUT2D eigenvalue weighted by molar-refractivity contribution is -0.753. The molecule has 1 aromatic heterocycles. The molecule has 0 unspecified atom stereocenters. The van der Waals surface area contributed by atoms with Crippen LogP contribution in [0, 0.1) is 0 Å². The molecule has 6 nitrogen and oxygen atoms in total. The van der Waals surface area contributed by atoms with E-state index >= 15 is 0 Å². The van der Waals surface area contributed by atoms with Crippen molar-refractivity contribution in [2.24, 2.45) is 0 Å². The van der Waals surface area contributed by atoms with Gasteiger partial charge in [-0.05, 0) is 24.9 Å². The first-order chi connectivity index (χ1) is 8.48. The van der Waals surface area contributed by atoms with E-state index in [0.29, 0.717) is 12.1 Å². The van der Waals surface area contributed by atoms with Gasteiger partial charge in [-0.3, -0.25) is 9.59 Å². The number of nitrogens with one attached hydrogen (secondary N) is 1. The molecular weight excluding hydrogens is 234 g/mol. The van der Waals surface area contributed by atoms with Crippen molar-refractivity contribution in [1.29, 1.82) is 0 Å². The highest BCUT2D eigenvalue weighted by molar-refractivity contribution is 5.94. The molecule has 1 saturated carbocycles. The van der Waals surface area contributed by atoms with Crippen molar-refractivity contribution in [3.63, 3.8) is 0 Å². The first-order valence-electron chi connectivity index (χ1n) is 5.89. The molecule has 2 N–H and O–H groups in total. The van der Waals surface area contributed by atoms with Crippen LogP contribution in [0.3, 0.4) is 0 Å². The zero-order valence-electron chi connectivity index (χ0n) is 10.2.